The molecule has 0 fully saturated rings. The summed E-state index contributed by atoms with van der Waals surface area (Å²) in [5.74, 6) is 1.72. The fourth-order valence-electron chi connectivity index (χ4n) is 2.73. The molecule has 1 N–H and O–H groups in total. The van der Waals surface area contributed by atoms with Gasteiger partial charge in [0.1, 0.15) is 16.2 Å². The molecule has 24 heavy (non-hydrogen) atoms. The molecule has 0 bridgehead atoms. The molecule has 0 amide bonds. The normalized spacial score (nSPS) is 19.0. The molecule has 3 heterocycles. The molecule has 1 unspecified atom stereocenters. The molecular formula is C15H14Br2N4OS2. The van der Waals surface area contributed by atoms with Crippen molar-refractivity contribution in [1.82, 2.24) is 14.9 Å². The summed E-state index contributed by atoms with van der Waals surface area (Å²) in [6.07, 6.45) is 0.887. The van der Waals surface area contributed by atoms with E-state index in [0.717, 1.165) is 23.0 Å². The molecule has 5 nitrogen and oxygen atoms in total. The van der Waals surface area contributed by atoms with E-state index >= 15 is 0 Å². The van der Waals surface area contributed by atoms with Crippen LogP contribution in [0.3, 0.4) is 0 Å². The average Bonchev–Trinajstić information content (AvgIpc) is 3.16. The third kappa shape index (κ3) is 2.69. The van der Waals surface area contributed by atoms with Crippen molar-refractivity contribution in [2.75, 3.05) is 5.01 Å². The van der Waals surface area contributed by atoms with Gasteiger partial charge in [-0.1, -0.05) is 25.6 Å². The highest BCUT2D eigenvalue weighted by atomic mass is 79.9. The molecule has 0 aliphatic carbocycles. The highest BCUT2D eigenvalue weighted by molar-refractivity contribution is 9.11. The van der Waals surface area contributed by atoms with Gasteiger partial charge in [-0.3, -0.25) is 5.01 Å². The summed E-state index contributed by atoms with van der Waals surface area (Å²) in [6.45, 7) is 4.37. The van der Waals surface area contributed by atoms with Crippen LogP contribution in [0, 0.1) is 5.92 Å². The Bertz CT molecular complexity index is 829. The van der Waals surface area contributed by atoms with Crippen LogP contribution in [0.1, 0.15) is 30.6 Å². The number of nitrogens with zero attached hydrogens (tertiary/aromatic N) is 4. The maximum atomic E-state index is 9.97. The molecule has 126 valence electrons. The Labute approximate surface area is 165 Å². The summed E-state index contributed by atoms with van der Waals surface area (Å²) in [5.41, 5.74) is 1.10. The first kappa shape index (κ1) is 16.8. The Balaban J connectivity index is 1.75. The molecular weight excluding hydrogens is 476 g/mol. The average molecular weight is 490 g/mol. The number of benzene rings is 1. The molecule has 4 rings (SSSR count). The van der Waals surface area contributed by atoms with Crippen LogP contribution < -0.4 is 5.01 Å². The Kier molecular flexibility index (Phi) is 4.39. The van der Waals surface area contributed by atoms with Gasteiger partial charge in [0, 0.05) is 11.8 Å². The first-order valence-electron chi connectivity index (χ1n) is 7.41. The van der Waals surface area contributed by atoms with Crippen LogP contribution >= 0.6 is 55.4 Å². The standard InChI is InChI=1S/C15H14Br2N4OS2/c1-7(2)3-11-18-19-15-20(11)21-12(24-15)6-23-14(21)8-4-9(16)13(22)10(17)5-8/h4-7,14,22H,3H2,1-2H3. The second kappa shape index (κ2) is 6.26. The van der Waals surface area contributed by atoms with Crippen molar-refractivity contribution in [2.24, 2.45) is 5.92 Å². The molecule has 1 atom stereocenters. The van der Waals surface area contributed by atoms with Crippen molar-refractivity contribution < 1.29 is 5.11 Å². The molecule has 0 radical (unpaired) electrons. The summed E-state index contributed by atoms with van der Waals surface area (Å²) in [4.78, 5) is 0. The summed E-state index contributed by atoms with van der Waals surface area (Å²) in [7, 11) is 0. The SMILES string of the molecule is CC(C)Cc1nnc2n1N1C(=CSC1c1cc(Br)c(O)c(Br)c1)S2. The number of aromatic hydroxyl groups is 1. The van der Waals surface area contributed by atoms with Gasteiger partial charge in [0.2, 0.25) is 5.16 Å². The van der Waals surface area contributed by atoms with E-state index in [0.29, 0.717) is 14.9 Å². The predicted octanol–water partition coefficient (Wildman–Crippen LogP) is 5.00. The van der Waals surface area contributed by atoms with Crippen LogP contribution in [0.2, 0.25) is 0 Å². The highest BCUT2D eigenvalue weighted by Crippen LogP contribution is 2.52. The van der Waals surface area contributed by atoms with Gasteiger partial charge >= 0.3 is 0 Å². The lowest BCUT2D eigenvalue weighted by atomic mass is 10.1. The number of hydrogen-bond donors (Lipinski definition) is 1. The number of aromatic nitrogens is 3. The van der Waals surface area contributed by atoms with E-state index in [1.54, 1.807) is 23.5 Å². The van der Waals surface area contributed by atoms with Crippen LogP contribution in [0.4, 0.5) is 0 Å². The lowest BCUT2D eigenvalue weighted by Gasteiger charge is -2.26. The Morgan fingerprint density at radius 2 is 1.96 bits per heavy atom. The summed E-state index contributed by atoms with van der Waals surface area (Å²) < 4.78 is 3.49. The van der Waals surface area contributed by atoms with E-state index in [9.17, 15) is 5.11 Å². The maximum Gasteiger partial charge on any atom is 0.216 e. The number of halogens is 2. The number of rotatable bonds is 3. The number of hydrogen-bond acceptors (Lipinski definition) is 6. The smallest absolute Gasteiger partial charge is 0.216 e. The minimum atomic E-state index is 0.0869. The third-order valence-corrected chi connectivity index (χ3v) is 7.15. The van der Waals surface area contributed by atoms with Crippen LogP contribution in [0.25, 0.3) is 0 Å². The van der Waals surface area contributed by atoms with E-state index in [-0.39, 0.29) is 11.1 Å². The minimum absolute atomic E-state index is 0.0869. The Hall–Kier alpha value is -0.640. The zero-order valence-electron chi connectivity index (χ0n) is 12.9. The second-order valence-electron chi connectivity index (χ2n) is 6.03. The first-order chi connectivity index (χ1) is 11.5. The Morgan fingerprint density at radius 1 is 1.25 bits per heavy atom. The van der Waals surface area contributed by atoms with E-state index in [1.807, 2.05) is 12.1 Å². The predicted molar refractivity (Wildman–Crippen MR) is 105 cm³/mol. The van der Waals surface area contributed by atoms with Crippen molar-refractivity contribution in [3.8, 4) is 5.75 Å². The van der Waals surface area contributed by atoms with Crippen LogP contribution in [0.5, 0.6) is 5.75 Å². The lowest BCUT2D eigenvalue weighted by Crippen LogP contribution is -2.31. The van der Waals surface area contributed by atoms with E-state index in [4.69, 9.17) is 0 Å². The van der Waals surface area contributed by atoms with Crippen molar-refractivity contribution in [1.29, 1.82) is 0 Å². The third-order valence-electron chi connectivity index (χ3n) is 3.75. The fourth-order valence-corrected chi connectivity index (χ4v) is 6.18. The van der Waals surface area contributed by atoms with Gasteiger partial charge in [0.15, 0.2) is 5.82 Å². The molecule has 2 aliphatic heterocycles. The van der Waals surface area contributed by atoms with Gasteiger partial charge in [0.25, 0.3) is 0 Å². The van der Waals surface area contributed by atoms with Gasteiger partial charge in [-0.2, -0.15) is 0 Å². The van der Waals surface area contributed by atoms with Crippen molar-refractivity contribution in [3.63, 3.8) is 0 Å². The van der Waals surface area contributed by atoms with Crippen LogP contribution in [0.15, 0.2) is 36.7 Å². The molecule has 0 spiro atoms. The molecule has 0 saturated carbocycles. The van der Waals surface area contributed by atoms with Crippen molar-refractivity contribution >= 4 is 55.4 Å². The number of phenols is 1. The van der Waals surface area contributed by atoms with Gasteiger partial charge in [-0.25, -0.2) is 4.68 Å². The second-order valence-corrected chi connectivity index (χ2v) is 9.68. The van der Waals surface area contributed by atoms with Crippen molar-refractivity contribution in [2.45, 2.75) is 30.8 Å². The highest BCUT2D eigenvalue weighted by Gasteiger charge is 2.39. The Morgan fingerprint density at radius 3 is 2.62 bits per heavy atom. The van der Waals surface area contributed by atoms with Crippen LogP contribution in [-0.2, 0) is 6.42 Å². The molecule has 1 aromatic heterocycles. The molecule has 9 heteroatoms. The largest absolute Gasteiger partial charge is 0.506 e. The monoisotopic (exact) mass is 488 g/mol. The topological polar surface area (TPSA) is 54.2 Å². The molecule has 0 saturated heterocycles. The zero-order valence-corrected chi connectivity index (χ0v) is 17.7. The zero-order chi connectivity index (χ0) is 17.0. The van der Waals surface area contributed by atoms with E-state index in [2.05, 4.69) is 71.0 Å². The summed E-state index contributed by atoms with van der Waals surface area (Å²) in [5, 5.41) is 25.3. The fraction of sp³-hybridized carbons (Fsp3) is 0.333. The molecule has 2 aliphatic rings. The summed E-state index contributed by atoms with van der Waals surface area (Å²) >= 11 is 10.2. The number of phenolic OH excluding ortho intramolecular Hbond substituents is 1. The first-order valence-corrected chi connectivity index (χ1v) is 10.8. The van der Waals surface area contributed by atoms with Gasteiger partial charge in [-0.05, 0) is 67.2 Å². The molecule has 1 aromatic carbocycles. The number of fused-ring (bicyclic) bond motifs is 3. The van der Waals surface area contributed by atoms with Gasteiger partial charge in [0.05, 0.1) is 8.95 Å². The maximum absolute atomic E-state index is 9.97. The quantitative estimate of drug-likeness (QED) is 0.654. The van der Waals surface area contributed by atoms with E-state index < -0.39 is 0 Å². The minimum Gasteiger partial charge on any atom is -0.506 e. The summed E-state index contributed by atoms with van der Waals surface area (Å²) in [6, 6.07) is 3.92. The van der Waals surface area contributed by atoms with Crippen molar-refractivity contribution in [3.05, 3.63) is 42.9 Å². The van der Waals surface area contributed by atoms with E-state index in [1.165, 1.54) is 5.03 Å². The van der Waals surface area contributed by atoms with Crippen LogP contribution in [-0.4, -0.2) is 20.0 Å². The van der Waals surface area contributed by atoms with Gasteiger partial charge in [-0.15, -0.1) is 10.2 Å². The number of thioether (sulfide) groups is 2. The molecule has 2 aromatic rings. The lowest BCUT2D eigenvalue weighted by molar-refractivity contribution is 0.468. The van der Waals surface area contributed by atoms with Gasteiger partial charge < -0.3 is 5.11 Å².